The van der Waals surface area contributed by atoms with Crippen LogP contribution in [0.25, 0.3) is 0 Å². The summed E-state index contributed by atoms with van der Waals surface area (Å²) in [5.74, 6) is 0.443. The van der Waals surface area contributed by atoms with Gasteiger partial charge in [0.05, 0.1) is 14.7 Å². The minimum absolute atomic E-state index is 0.00863. The van der Waals surface area contributed by atoms with Gasteiger partial charge in [-0.05, 0) is 37.3 Å². The Bertz CT molecular complexity index is 898. The Morgan fingerprint density at radius 2 is 1.88 bits per heavy atom. The zero-order valence-corrected chi connectivity index (χ0v) is 14.1. The van der Waals surface area contributed by atoms with Crippen molar-refractivity contribution in [2.24, 2.45) is 0 Å². The van der Waals surface area contributed by atoms with Crippen molar-refractivity contribution in [3.63, 3.8) is 0 Å². The zero-order valence-electron chi connectivity index (χ0n) is 12.5. The maximum atomic E-state index is 12.4. The molecule has 3 rings (SSSR count). The van der Waals surface area contributed by atoms with E-state index in [1.54, 1.807) is 6.07 Å². The number of carbonyl (C=O) groups excluding carboxylic acids is 1. The van der Waals surface area contributed by atoms with E-state index in [9.17, 15) is 13.2 Å². The molecule has 1 amide bonds. The Balaban J connectivity index is 1.88. The Labute approximate surface area is 143 Å². The van der Waals surface area contributed by atoms with Gasteiger partial charge in [-0.15, -0.1) is 0 Å². The molecule has 0 aliphatic carbocycles. The first kappa shape index (κ1) is 16.8. The number of carbonyl (C=O) groups is 1. The first-order chi connectivity index (χ1) is 11.4. The molecule has 7 nitrogen and oxygen atoms in total. The second kappa shape index (κ2) is 6.44. The fourth-order valence-electron chi connectivity index (χ4n) is 2.13. The monoisotopic (exact) mass is 366 g/mol. The molecule has 3 N–H and O–H groups in total. The molecule has 0 saturated carbocycles. The Morgan fingerprint density at radius 1 is 1.17 bits per heavy atom. The topological polar surface area (TPSA) is 105 Å². The van der Waals surface area contributed by atoms with Crippen molar-refractivity contribution in [2.75, 3.05) is 0 Å². The lowest BCUT2D eigenvalue weighted by molar-refractivity contribution is -0.130. The molecule has 2 aromatic rings. The molecule has 1 aliphatic rings. The first-order valence-electron chi connectivity index (χ1n) is 6.96. The number of rotatable bonds is 4. The summed E-state index contributed by atoms with van der Waals surface area (Å²) >= 11 is 1.41. The van der Waals surface area contributed by atoms with Crippen molar-refractivity contribution < 1.29 is 23.2 Å². The van der Waals surface area contributed by atoms with Gasteiger partial charge in [0.1, 0.15) is 17.5 Å². The molecule has 0 bridgehead atoms. The lowest BCUT2D eigenvalue weighted by atomic mass is 10.3. The van der Waals surface area contributed by atoms with Crippen LogP contribution in [-0.2, 0) is 14.8 Å². The molecule has 1 heterocycles. The molecular formula is C15H14N2O5S2. The average Bonchev–Trinajstić information content (AvgIpc) is 2.58. The SMILES string of the molecule is CC(NS(=O)(=O)c1ccc2c(c1)Sc1ccccc1O2)C(=O)NO. The maximum absolute atomic E-state index is 12.4. The third kappa shape index (κ3) is 3.24. The van der Waals surface area contributed by atoms with Gasteiger partial charge < -0.3 is 4.74 Å². The fraction of sp³-hybridized carbons (Fsp3) is 0.133. The number of fused-ring (bicyclic) bond motifs is 2. The Morgan fingerprint density at radius 3 is 2.62 bits per heavy atom. The number of benzene rings is 2. The number of hydrogen-bond acceptors (Lipinski definition) is 6. The van der Waals surface area contributed by atoms with E-state index in [-0.39, 0.29) is 4.90 Å². The van der Waals surface area contributed by atoms with Gasteiger partial charge >= 0.3 is 0 Å². The van der Waals surface area contributed by atoms with E-state index >= 15 is 0 Å². The van der Waals surface area contributed by atoms with Crippen LogP contribution in [0.1, 0.15) is 6.92 Å². The molecular weight excluding hydrogens is 352 g/mol. The molecule has 24 heavy (non-hydrogen) atoms. The maximum Gasteiger partial charge on any atom is 0.261 e. The molecule has 0 saturated heterocycles. The van der Waals surface area contributed by atoms with Crippen LogP contribution in [-0.4, -0.2) is 25.6 Å². The third-order valence-corrected chi connectivity index (χ3v) is 5.98. The van der Waals surface area contributed by atoms with Gasteiger partial charge in [-0.2, -0.15) is 4.72 Å². The fourth-order valence-corrected chi connectivity index (χ4v) is 4.42. The predicted octanol–water partition coefficient (Wildman–Crippen LogP) is 2.12. The average molecular weight is 366 g/mol. The third-order valence-electron chi connectivity index (χ3n) is 3.35. The van der Waals surface area contributed by atoms with Gasteiger partial charge in [0.15, 0.2) is 0 Å². The Hall–Kier alpha value is -2.07. The van der Waals surface area contributed by atoms with Crippen LogP contribution in [0.4, 0.5) is 0 Å². The number of hydrogen-bond donors (Lipinski definition) is 3. The summed E-state index contributed by atoms with van der Waals surface area (Å²) in [6.07, 6.45) is 0. The molecule has 126 valence electrons. The largest absolute Gasteiger partial charge is 0.455 e. The van der Waals surface area contributed by atoms with E-state index in [1.807, 2.05) is 24.3 Å². The highest BCUT2D eigenvalue weighted by Crippen LogP contribution is 2.47. The number of amides is 1. The van der Waals surface area contributed by atoms with E-state index in [0.29, 0.717) is 10.6 Å². The molecule has 0 aromatic heterocycles. The van der Waals surface area contributed by atoms with E-state index < -0.39 is 22.0 Å². The summed E-state index contributed by atoms with van der Waals surface area (Å²) < 4.78 is 32.7. The molecule has 1 aliphatic heterocycles. The molecule has 0 spiro atoms. The number of hydroxylamine groups is 1. The van der Waals surface area contributed by atoms with E-state index in [0.717, 1.165) is 10.6 Å². The summed E-state index contributed by atoms with van der Waals surface area (Å²) in [6, 6.07) is 10.8. The highest BCUT2D eigenvalue weighted by Gasteiger charge is 2.24. The van der Waals surface area contributed by atoms with Crippen molar-refractivity contribution >= 4 is 27.7 Å². The number of sulfonamides is 1. The minimum atomic E-state index is -3.92. The van der Waals surface area contributed by atoms with Gasteiger partial charge in [0.2, 0.25) is 10.0 Å². The van der Waals surface area contributed by atoms with Crippen molar-refractivity contribution in [3.8, 4) is 11.5 Å². The number of para-hydroxylation sites is 1. The standard InChI is InChI=1S/C15H14N2O5S2/c1-9(15(18)16-19)17-24(20,21)10-6-7-12-14(8-10)23-13-5-3-2-4-11(13)22-12/h2-9,17,19H,1H3,(H,16,18). The van der Waals surface area contributed by atoms with Crippen molar-refractivity contribution in [1.29, 1.82) is 0 Å². The van der Waals surface area contributed by atoms with E-state index in [4.69, 9.17) is 9.94 Å². The van der Waals surface area contributed by atoms with Gasteiger partial charge in [0.25, 0.3) is 5.91 Å². The highest BCUT2D eigenvalue weighted by molar-refractivity contribution is 7.99. The van der Waals surface area contributed by atoms with E-state index in [2.05, 4.69) is 4.72 Å². The normalized spacial score (nSPS) is 14.1. The summed E-state index contributed by atoms with van der Waals surface area (Å²) in [6.45, 7) is 1.33. The quantitative estimate of drug-likeness (QED) is 0.483. The number of ether oxygens (including phenoxy) is 1. The van der Waals surface area contributed by atoms with Crippen LogP contribution >= 0.6 is 11.8 Å². The van der Waals surface area contributed by atoms with Crippen LogP contribution in [0.2, 0.25) is 0 Å². The van der Waals surface area contributed by atoms with Gasteiger partial charge in [-0.25, -0.2) is 13.9 Å². The zero-order chi connectivity index (χ0) is 17.3. The predicted molar refractivity (Wildman–Crippen MR) is 86.8 cm³/mol. The smallest absolute Gasteiger partial charge is 0.261 e. The highest BCUT2D eigenvalue weighted by atomic mass is 32.2. The summed E-state index contributed by atoms with van der Waals surface area (Å²) in [5.41, 5.74) is 1.41. The van der Waals surface area contributed by atoms with Crippen LogP contribution in [0, 0.1) is 0 Å². The molecule has 9 heteroatoms. The minimum Gasteiger partial charge on any atom is -0.455 e. The lowest BCUT2D eigenvalue weighted by Crippen LogP contribution is -2.43. The van der Waals surface area contributed by atoms with Crippen LogP contribution in [0.5, 0.6) is 11.5 Å². The molecule has 0 fully saturated rings. The molecule has 1 unspecified atom stereocenters. The van der Waals surface area contributed by atoms with Gasteiger partial charge in [-0.3, -0.25) is 10.0 Å². The first-order valence-corrected chi connectivity index (χ1v) is 9.26. The lowest BCUT2D eigenvalue weighted by Gasteiger charge is -2.20. The molecule has 0 radical (unpaired) electrons. The number of nitrogens with one attached hydrogen (secondary N) is 2. The summed E-state index contributed by atoms with van der Waals surface area (Å²) in [5, 5.41) is 8.57. The van der Waals surface area contributed by atoms with Crippen LogP contribution in [0.15, 0.2) is 57.2 Å². The van der Waals surface area contributed by atoms with Crippen molar-refractivity contribution in [1.82, 2.24) is 10.2 Å². The summed E-state index contributed by atoms with van der Waals surface area (Å²) in [4.78, 5) is 12.8. The van der Waals surface area contributed by atoms with Gasteiger partial charge in [-0.1, -0.05) is 23.9 Å². The second-order valence-electron chi connectivity index (χ2n) is 5.08. The second-order valence-corrected chi connectivity index (χ2v) is 7.88. The Kier molecular flexibility index (Phi) is 4.50. The molecule has 2 aromatic carbocycles. The van der Waals surface area contributed by atoms with E-state index in [1.165, 1.54) is 36.3 Å². The van der Waals surface area contributed by atoms with Crippen LogP contribution in [0.3, 0.4) is 0 Å². The van der Waals surface area contributed by atoms with Crippen molar-refractivity contribution in [2.45, 2.75) is 27.7 Å². The van der Waals surface area contributed by atoms with Crippen molar-refractivity contribution in [3.05, 3.63) is 42.5 Å². The van der Waals surface area contributed by atoms with Gasteiger partial charge in [0, 0.05) is 0 Å². The van der Waals surface area contributed by atoms with Crippen LogP contribution < -0.4 is 14.9 Å². The summed E-state index contributed by atoms with van der Waals surface area (Å²) in [7, 11) is -3.92. The molecule has 1 atom stereocenters.